The van der Waals surface area contributed by atoms with Crippen LogP contribution in [-0.2, 0) is 28.8 Å². The van der Waals surface area contributed by atoms with Crippen LogP contribution in [0.5, 0.6) is 0 Å². The number of carboxylic acids is 2. The van der Waals surface area contributed by atoms with Crippen molar-refractivity contribution in [3.05, 3.63) is 0 Å². The van der Waals surface area contributed by atoms with E-state index in [2.05, 4.69) is 10.6 Å². The highest BCUT2D eigenvalue weighted by molar-refractivity contribution is 7.98. The van der Waals surface area contributed by atoms with Gasteiger partial charge in [-0.3, -0.25) is 24.0 Å². The first kappa shape index (κ1) is 28.2. The van der Waals surface area contributed by atoms with Gasteiger partial charge in [-0.25, -0.2) is 4.79 Å². The topological polar surface area (TPSA) is 222 Å². The quantitative estimate of drug-likeness (QED) is 0.155. The van der Waals surface area contributed by atoms with Crippen LogP contribution >= 0.6 is 11.8 Å². The van der Waals surface area contributed by atoms with Crippen molar-refractivity contribution in [3.8, 4) is 0 Å². The minimum atomic E-state index is -1.73. The fourth-order valence-corrected chi connectivity index (χ4v) is 3.84. The standard InChI is InChI=1S/C19H31N5O8S/c1-33-8-6-10(20)18(30)24-7-2-3-13(24)17(29)22-11(4-5-14(21)25)16(28)23-12(19(31)32)9-15(26)27/h10-13H,2-9,20H2,1H3,(H2,21,25)(H,22,29)(H,23,28)(H,26,27)(H,31,32). The summed E-state index contributed by atoms with van der Waals surface area (Å²) in [7, 11) is 0. The zero-order valence-electron chi connectivity index (χ0n) is 18.3. The second kappa shape index (κ2) is 13.6. The fourth-order valence-electron chi connectivity index (χ4n) is 3.35. The second-order valence-corrected chi connectivity index (χ2v) is 8.63. The van der Waals surface area contributed by atoms with E-state index in [9.17, 15) is 28.8 Å². The number of hydrogen-bond acceptors (Lipinski definition) is 8. The Bertz CT molecular complexity index is 764. The Morgan fingerprint density at radius 3 is 2.30 bits per heavy atom. The van der Waals surface area contributed by atoms with Crippen LogP contribution in [0.3, 0.4) is 0 Å². The Hall–Kier alpha value is -2.87. The number of primary amides is 1. The van der Waals surface area contributed by atoms with Crippen molar-refractivity contribution < 1.29 is 39.0 Å². The van der Waals surface area contributed by atoms with Crippen molar-refractivity contribution in [2.45, 2.75) is 62.7 Å². The number of hydrogen-bond donors (Lipinski definition) is 6. The zero-order valence-corrected chi connectivity index (χ0v) is 19.1. The van der Waals surface area contributed by atoms with Gasteiger partial charge in [-0.1, -0.05) is 0 Å². The number of rotatable bonds is 14. The van der Waals surface area contributed by atoms with E-state index in [1.165, 1.54) is 16.7 Å². The molecule has 0 aliphatic carbocycles. The minimum absolute atomic E-state index is 0.236. The number of nitrogens with one attached hydrogen (secondary N) is 2. The van der Waals surface area contributed by atoms with E-state index in [1.807, 2.05) is 6.26 Å². The largest absolute Gasteiger partial charge is 0.481 e. The molecule has 1 saturated heterocycles. The number of nitrogens with zero attached hydrogens (tertiary/aromatic N) is 1. The van der Waals surface area contributed by atoms with E-state index in [0.717, 1.165) is 0 Å². The van der Waals surface area contributed by atoms with Crippen LogP contribution in [0.2, 0.25) is 0 Å². The van der Waals surface area contributed by atoms with Gasteiger partial charge in [-0.2, -0.15) is 11.8 Å². The molecule has 4 amide bonds. The van der Waals surface area contributed by atoms with Crippen LogP contribution in [0.4, 0.5) is 0 Å². The first-order valence-electron chi connectivity index (χ1n) is 10.4. The Morgan fingerprint density at radius 1 is 1.09 bits per heavy atom. The van der Waals surface area contributed by atoms with Crippen molar-refractivity contribution in [1.82, 2.24) is 15.5 Å². The predicted octanol–water partition coefficient (Wildman–Crippen LogP) is -2.15. The molecule has 0 radical (unpaired) electrons. The summed E-state index contributed by atoms with van der Waals surface area (Å²) in [6.07, 6.45) is 1.81. The molecular weight excluding hydrogens is 458 g/mol. The SMILES string of the molecule is CSCCC(N)C(=O)N1CCCC1C(=O)NC(CCC(N)=O)C(=O)NC(CC(=O)O)C(=O)O. The summed E-state index contributed by atoms with van der Waals surface area (Å²) < 4.78 is 0. The maximum Gasteiger partial charge on any atom is 0.326 e. The molecule has 8 N–H and O–H groups in total. The first-order valence-corrected chi connectivity index (χ1v) is 11.8. The smallest absolute Gasteiger partial charge is 0.326 e. The molecule has 1 aliphatic heterocycles. The van der Waals surface area contributed by atoms with Gasteiger partial charge in [0, 0.05) is 13.0 Å². The van der Waals surface area contributed by atoms with E-state index in [1.54, 1.807) is 0 Å². The van der Waals surface area contributed by atoms with Gasteiger partial charge < -0.3 is 37.2 Å². The molecule has 0 spiro atoms. The molecule has 14 heteroatoms. The number of carbonyl (C=O) groups excluding carboxylic acids is 4. The van der Waals surface area contributed by atoms with Crippen LogP contribution in [0.1, 0.15) is 38.5 Å². The Kier molecular flexibility index (Phi) is 11.6. The zero-order chi connectivity index (χ0) is 25.1. The van der Waals surface area contributed by atoms with Gasteiger partial charge in [0.05, 0.1) is 12.5 Å². The summed E-state index contributed by atoms with van der Waals surface area (Å²) in [5.41, 5.74) is 11.1. The van der Waals surface area contributed by atoms with Gasteiger partial charge in [-0.15, -0.1) is 0 Å². The van der Waals surface area contributed by atoms with Crippen LogP contribution in [0.25, 0.3) is 0 Å². The van der Waals surface area contributed by atoms with Gasteiger partial charge in [-0.05, 0) is 37.7 Å². The summed E-state index contributed by atoms with van der Waals surface area (Å²) in [4.78, 5) is 72.8. The molecule has 4 unspecified atom stereocenters. The number of likely N-dealkylation sites (tertiary alicyclic amines) is 1. The molecule has 1 aliphatic rings. The van der Waals surface area contributed by atoms with Crippen LogP contribution < -0.4 is 22.1 Å². The lowest BCUT2D eigenvalue weighted by atomic mass is 10.1. The Morgan fingerprint density at radius 2 is 1.76 bits per heavy atom. The van der Waals surface area contributed by atoms with E-state index >= 15 is 0 Å². The third kappa shape index (κ3) is 9.26. The fraction of sp³-hybridized carbons (Fsp3) is 0.684. The monoisotopic (exact) mass is 489 g/mol. The molecule has 1 heterocycles. The average molecular weight is 490 g/mol. The molecule has 186 valence electrons. The van der Waals surface area contributed by atoms with Gasteiger partial charge in [0.15, 0.2) is 0 Å². The van der Waals surface area contributed by atoms with Gasteiger partial charge in [0.2, 0.25) is 23.6 Å². The third-order valence-corrected chi connectivity index (χ3v) is 5.74. The molecule has 0 aromatic rings. The van der Waals surface area contributed by atoms with Crippen LogP contribution in [-0.4, -0.2) is 93.4 Å². The number of nitrogens with two attached hydrogens (primary N) is 2. The average Bonchev–Trinajstić information content (AvgIpc) is 3.23. The second-order valence-electron chi connectivity index (χ2n) is 7.64. The molecule has 33 heavy (non-hydrogen) atoms. The van der Waals surface area contributed by atoms with Gasteiger partial charge in [0.25, 0.3) is 0 Å². The van der Waals surface area contributed by atoms with E-state index in [4.69, 9.17) is 21.7 Å². The summed E-state index contributed by atoms with van der Waals surface area (Å²) in [6, 6.07) is -4.74. The predicted molar refractivity (Wildman–Crippen MR) is 118 cm³/mol. The van der Waals surface area contributed by atoms with Crippen LogP contribution in [0, 0.1) is 0 Å². The lowest BCUT2D eigenvalue weighted by Crippen LogP contribution is -2.57. The third-order valence-electron chi connectivity index (χ3n) is 5.09. The van der Waals surface area contributed by atoms with Crippen molar-refractivity contribution in [3.63, 3.8) is 0 Å². The maximum atomic E-state index is 12.9. The first-order chi connectivity index (χ1) is 15.5. The maximum absolute atomic E-state index is 12.9. The number of carboxylic acid groups (broad SMARTS) is 2. The summed E-state index contributed by atoms with van der Waals surface area (Å²) >= 11 is 1.54. The highest BCUT2D eigenvalue weighted by atomic mass is 32.2. The highest BCUT2D eigenvalue weighted by Crippen LogP contribution is 2.19. The number of carbonyl (C=O) groups is 6. The van der Waals surface area contributed by atoms with Gasteiger partial charge >= 0.3 is 11.9 Å². The summed E-state index contributed by atoms with van der Waals surface area (Å²) in [6.45, 7) is 0.321. The van der Waals surface area contributed by atoms with Gasteiger partial charge in [0.1, 0.15) is 18.1 Å². The molecule has 0 bridgehead atoms. The number of aliphatic carboxylic acids is 2. The molecule has 4 atom stereocenters. The van der Waals surface area contributed by atoms with Crippen molar-refractivity contribution >= 4 is 47.3 Å². The molecule has 0 aromatic heterocycles. The number of amides is 4. The summed E-state index contributed by atoms with van der Waals surface area (Å²) in [5.74, 6) is -5.12. The molecule has 0 saturated carbocycles. The van der Waals surface area contributed by atoms with E-state index < -0.39 is 60.2 Å². The minimum Gasteiger partial charge on any atom is -0.481 e. The van der Waals surface area contributed by atoms with Crippen molar-refractivity contribution in [2.24, 2.45) is 11.5 Å². The van der Waals surface area contributed by atoms with Crippen molar-refractivity contribution in [2.75, 3.05) is 18.6 Å². The normalized spacial score (nSPS) is 18.1. The van der Waals surface area contributed by atoms with E-state index in [0.29, 0.717) is 31.6 Å². The molecule has 13 nitrogen and oxygen atoms in total. The molecule has 0 aromatic carbocycles. The molecule has 1 fully saturated rings. The Balaban J connectivity index is 2.93. The lowest BCUT2D eigenvalue weighted by molar-refractivity contribution is -0.147. The lowest BCUT2D eigenvalue weighted by Gasteiger charge is -2.28. The molecular formula is C19H31N5O8S. The number of thioether (sulfide) groups is 1. The summed E-state index contributed by atoms with van der Waals surface area (Å²) in [5, 5.41) is 22.5. The highest BCUT2D eigenvalue weighted by Gasteiger charge is 2.38. The van der Waals surface area contributed by atoms with E-state index in [-0.39, 0.29) is 18.7 Å². The Labute approximate surface area is 195 Å². The van der Waals surface area contributed by atoms with Crippen LogP contribution in [0.15, 0.2) is 0 Å². The molecule has 1 rings (SSSR count). The van der Waals surface area contributed by atoms with Crippen molar-refractivity contribution in [1.29, 1.82) is 0 Å².